The molecule has 0 aliphatic rings. The second kappa shape index (κ2) is 5.25. The topological polar surface area (TPSA) is 48.4 Å². The largest absolute Gasteiger partial charge is 0.497 e. The van der Waals surface area contributed by atoms with E-state index < -0.39 is 0 Å². The molecule has 0 amide bonds. The summed E-state index contributed by atoms with van der Waals surface area (Å²) in [5.41, 5.74) is 8.01. The maximum atomic E-state index is 6.08. The Kier molecular flexibility index (Phi) is 3.71. The summed E-state index contributed by atoms with van der Waals surface area (Å²) in [5.74, 6) is 0.827. The molecule has 1 heterocycles. The normalized spacial score (nSPS) is 12.4. The summed E-state index contributed by atoms with van der Waals surface area (Å²) < 4.78 is 10.2. The van der Waals surface area contributed by atoms with Gasteiger partial charge in [0.05, 0.1) is 13.4 Å². The summed E-state index contributed by atoms with van der Waals surface area (Å²) >= 11 is 5.89. The lowest BCUT2D eigenvalue weighted by molar-refractivity contribution is 0.414. The van der Waals surface area contributed by atoms with Gasteiger partial charge in [0, 0.05) is 11.6 Å². The van der Waals surface area contributed by atoms with Crippen molar-refractivity contribution in [2.45, 2.75) is 12.5 Å². The van der Waals surface area contributed by atoms with Crippen molar-refractivity contribution in [1.82, 2.24) is 0 Å². The Labute approximate surface area is 105 Å². The van der Waals surface area contributed by atoms with Crippen LogP contribution in [0.1, 0.15) is 17.2 Å². The van der Waals surface area contributed by atoms with Crippen LogP contribution < -0.4 is 10.5 Å². The summed E-state index contributed by atoms with van der Waals surface area (Å²) in [6.07, 6.45) is 2.24. The summed E-state index contributed by atoms with van der Waals surface area (Å²) in [7, 11) is 1.64. The number of hydrogen-bond acceptors (Lipinski definition) is 3. The van der Waals surface area contributed by atoms with Crippen molar-refractivity contribution < 1.29 is 9.15 Å². The highest BCUT2D eigenvalue weighted by atomic mass is 35.5. The van der Waals surface area contributed by atoms with Crippen LogP contribution in [0.2, 0.25) is 5.22 Å². The predicted molar refractivity (Wildman–Crippen MR) is 67.3 cm³/mol. The highest BCUT2D eigenvalue weighted by molar-refractivity contribution is 6.29. The van der Waals surface area contributed by atoms with Crippen molar-refractivity contribution in [3.63, 3.8) is 0 Å². The van der Waals surface area contributed by atoms with Crippen LogP contribution in [0.4, 0.5) is 0 Å². The predicted octanol–water partition coefficient (Wildman–Crippen LogP) is 3.18. The van der Waals surface area contributed by atoms with Gasteiger partial charge in [-0.1, -0.05) is 12.1 Å². The lowest BCUT2D eigenvalue weighted by atomic mass is 10.0. The minimum absolute atomic E-state index is 0.173. The van der Waals surface area contributed by atoms with Gasteiger partial charge >= 0.3 is 0 Å². The van der Waals surface area contributed by atoms with Crippen LogP contribution in [0.5, 0.6) is 5.75 Å². The Hall–Kier alpha value is -1.45. The summed E-state index contributed by atoms with van der Waals surface area (Å²) in [6.45, 7) is 0. The van der Waals surface area contributed by atoms with Crippen LogP contribution in [0, 0.1) is 0 Å². The molecule has 1 aromatic heterocycles. The second-order valence-electron chi connectivity index (χ2n) is 3.81. The van der Waals surface area contributed by atoms with Gasteiger partial charge in [0.15, 0.2) is 5.22 Å². The van der Waals surface area contributed by atoms with E-state index in [0.717, 1.165) is 16.9 Å². The fourth-order valence-corrected chi connectivity index (χ4v) is 1.99. The zero-order valence-corrected chi connectivity index (χ0v) is 10.3. The van der Waals surface area contributed by atoms with Crippen molar-refractivity contribution >= 4 is 11.6 Å². The van der Waals surface area contributed by atoms with E-state index in [9.17, 15) is 0 Å². The standard InChI is InChI=1S/C13H14ClNO2/c1-16-10-4-2-3-9(7-10)8-12(15)11-5-6-17-13(11)14/h2-7,12H,8,15H2,1H3. The summed E-state index contributed by atoms with van der Waals surface area (Å²) in [4.78, 5) is 0. The molecule has 0 aliphatic carbocycles. The third-order valence-electron chi connectivity index (χ3n) is 2.64. The van der Waals surface area contributed by atoms with Crippen molar-refractivity contribution in [3.05, 3.63) is 52.9 Å². The average molecular weight is 252 g/mol. The van der Waals surface area contributed by atoms with Crippen LogP contribution in [0.15, 0.2) is 41.0 Å². The van der Waals surface area contributed by atoms with Gasteiger partial charge in [-0.15, -0.1) is 0 Å². The second-order valence-corrected chi connectivity index (χ2v) is 4.16. The van der Waals surface area contributed by atoms with E-state index >= 15 is 0 Å². The van der Waals surface area contributed by atoms with Gasteiger partial charge in [-0.3, -0.25) is 0 Å². The molecule has 0 spiro atoms. The molecule has 0 radical (unpaired) electrons. The number of ether oxygens (including phenoxy) is 1. The van der Waals surface area contributed by atoms with Crippen LogP contribution in [0.3, 0.4) is 0 Å². The quantitative estimate of drug-likeness (QED) is 0.908. The van der Waals surface area contributed by atoms with Crippen LogP contribution in [-0.2, 0) is 6.42 Å². The fraction of sp³-hybridized carbons (Fsp3) is 0.231. The van der Waals surface area contributed by atoms with Gasteiger partial charge in [0.25, 0.3) is 0 Å². The molecule has 0 aliphatic heterocycles. The lowest BCUT2D eigenvalue weighted by Crippen LogP contribution is -2.12. The van der Waals surface area contributed by atoms with E-state index in [4.69, 9.17) is 26.5 Å². The maximum absolute atomic E-state index is 6.08. The minimum Gasteiger partial charge on any atom is -0.497 e. The summed E-state index contributed by atoms with van der Waals surface area (Å²) in [5, 5.41) is 0.361. The van der Waals surface area contributed by atoms with Gasteiger partial charge in [-0.05, 0) is 41.8 Å². The molecule has 90 valence electrons. The molecule has 2 aromatic rings. The Morgan fingerprint density at radius 2 is 2.24 bits per heavy atom. The molecule has 17 heavy (non-hydrogen) atoms. The number of benzene rings is 1. The van der Waals surface area contributed by atoms with Crippen LogP contribution in [0.25, 0.3) is 0 Å². The maximum Gasteiger partial charge on any atom is 0.197 e. The molecule has 2 rings (SSSR count). The third-order valence-corrected chi connectivity index (χ3v) is 2.94. The lowest BCUT2D eigenvalue weighted by Gasteiger charge is -2.11. The van der Waals surface area contributed by atoms with Gasteiger partial charge in [0.1, 0.15) is 5.75 Å². The Balaban J connectivity index is 2.13. The smallest absolute Gasteiger partial charge is 0.197 e. The highest BCUT2D eigenvalue weighted by Gasteiger charge is 2.13. The number of furan rings is 1. The van der Waals surface area contributed by atoms with E-state index in [2.05, 4.69) is 0 Å². The first-order chi connectivity index (χ1) is 8.20. The molecule has 2 N–H and O–H groups in total. The summed E-state index contributed by atoms with van der Waals surface area (Å²) in [6, 6.07) is 9.45. The Morgan fingerprint density at radius 3 is 2.88 bits per heavy atom. The number of nitrogens with two attached hydrogens (primary N) is 1. The first kappa shape index (κ1) is 12.0. The van der Waals surface area contributed by atoms with Gasteiger partial charge in [-0.2, -0.15) is 0 Å². The van der Waals surface area contributed by atoms with Crippen molar-refractivity contribution in [3.8, 4) is 5.75 Å². The molecule has 0 fully saturated rings. The molecular weight excluding hydrogens is 238 g/mol. The minimum atomic E-state index is -0.173. The van der Waals surface area contributed by atoms with E-state index in [1.54, 1.807) is 19.4 Å². The fourth-order valence-electron chi connectivity index (χ4n) is 1.73. The van der Waals surface area contributed by atoms with E-state index in [1.165, 1.54) is 0 Å². The van der Waals surface area contributed by atoms with Crippen molar-refractivity contribution in [2.75, 3.05) is 7.11 Å². The zero-order chi connectivity index (χ0) is 12.3. The first-order valence-corrected chi connectivity index (χ1v) is 5.70. The number of halogens is 1. The van der Waals surface area contributed by atoms with Crippen molar-refractivity contribution in [2.24, 2.45) is 5.73 Å². The Bertz CT molecular complexity index is 496. The first-order valence-electron chi connectivity index (χ1n) is 5.32. The van der Waals surface area contributed by atoms with Crippen LogP contribution in [-0.4, -0.2) is 7.11 Å². The van der Waals surface area contributed by atoms with Crippen LogP contribution >= 0.6 is 11.6 Å². The van der Waals surface area contributed by atoms with E-state index in [0.29, 0.717) is 11.6 Å². The molecular formula is C13H14ClNO2. The van der Waals surface area contributed by atoms with E-state index in [-0.39, 0.29) is 6.04 Å². The number of rotatable bonds is 4. The molecule has 1 aromatic carbocycles. The molecule has 0 bridgehead atoms. The van der Waals surface area contributed by atoms with Gasteiger partial charge < -0.3 is 14.9 Å². The zero-order valence-electron chi connectivity index (χ0n) is 9.52. The molecule has 0 saturated carbocycles. The third kappa shape index (κ3) is 2.81. The molecule has 1 unspecified atom stereocenters. The number of hydrogen-bond donors (Lipinski definition) is 1. The molecule has 1 atom stereocenters. The highest BCUT2D eigenvalue weighted by Crippen LogP contribution is 2.25. The SMILES string of the molecule is COc1cccc(CC(N)c2ccoc2Cl)c1. The average Bonchev–Trinajstić information content (AvgIpc) is 2.76. The molecule has 0 saturated heterocycles. The number of methoxy groups -OCH3 is 1. The molecule has 4 heteroatoms. The monoisotopic (exact) mass is 251 g/mol. The van der Waals surface area contributed by atoms with Gasteiger partial charge in [-0.25, -0.2) is 0 Å². The van der Waals surface area contributed by atoms with Crippen molar-refractivity contribution in [1.29, 1.82) is 0 Å². The molecule has 3 nitrogen and oxygen atoms in total. The van der Waals surface area contributed by atoms with E-state index in [1.807, 2.05) is 24.3 Å². The van der Waals surface area contributed by atoms with Gasteiger partial charge in [0.2, 0.25) is 0 Å². The Morgan fingerprint density at radius 1 is 1.41 bits per heavy atom.